The fourth-order valence-electron chi connectivity index (χ4n) is 3.80. The Balaban J connectivity index is 1.57. The quantitative estimate of drug-likeness (QED) is 0.294. The number of aliphatic hydroxyl groups is 1. The molecule has 2 aromatic heterocycles. The standard InChI is InChI=1S/C27H25FN2O6S/c1-15(29-27(33)16-7-9-21(36-12-11-31)23(13-16)35-3)25(32)20-8-10-22(34-2)24(30-20)18-14-37-26-17(18)5-4-6-19(26)28/h4-10,13-15,31H,11-12H2,1-3H3,(H,29,33)/t15-/m1/s1. The molecule has 0 aliphatic heterocycles. The minimum Gasteiger partial charge on any atom is -0.494 e. The van der Waals surface area contributed by atoms with E-state index in [9.17, 15) is 14.0 Å². The Kier molecular flexibility index (Phi) is 8.00. The molecule has 0 saturated heterocycles. The number of aromatic nitrogens is 1. The van der Waals surface area contributed by atoms with Crippen molar-refractivity contribution in [3.63, 3.8) is 0 Å². The van der Waals surface area contributed by atoms with Gasteiger partial charge in [0, 0.05) is 21.9 Å². The van der Waals surface area contributed by atoms with Gasteiger partial charge in [-0.1, -0.05) is 12.1 Å². The summed E-state index contributed by atoms with van der Waals surface area (Å²) < 4.78 is 30.8. The Hall–Kier alpha value is -4.02. The Labute approximate surface area is 216 Å². The number of hydrogen-bond donors (Lipinski definition) is 2. The van der Waals surface area contributed by atoms with Gasteiger partial charge in [0.1, 0.15) is 29.6 Å². The van der Waals surface area contributed by atoms with Gasteiger partial charge in [-0.25, -0.2) is 9.37 Å². The van der Waals surface area contributed by atoms with Gasteiger partial charge in [0.25, 0.3) is 5.91 Å². The topological polar surface area (TPSA) is 107 Å². The van der Waals surface area contributed by atoms with Crippen molar-refractivity contribution in [3.05, 3.63) is 71.0 Å². The van der Waals surface area contributed by atoms with Crippen LogP contribution in [0, 0.1) is 5.82 Å². The summed E-state index contributed by atoms with van der Waals surface area (Å²) in [6.07, 6.45) is 0. The number of ether oxygens (including phenoxy) is 3. The molecule has 2 aromatic carbocycles. The Morgan fingerprint density at radius 2 is 1.84 bits per heavy atom. The largest absolute Gasteiger partial charge is 0.494 e. The van der Waals surface area contributed by atoms with Gasteiger partial charge in [0.05, 0.1) is 31.6 Å². The molecule has 4 rings (SSSR count). The van der Waals surface area contributed by atoms with E-state index in [0.717, 1.165) is 0 Å². The molecule has 1 atom stereocenters. The number of rotatable bonds is 10. The predicted molar refractivity (Wildman–Crippen MR) is 138 cm³/mol. The van der Waals surface area contributed by atoms with Gasteiger partial charge in [-0.2, -0.15) is 0 Å². The third kappa shape index (κ3) is 5.40. The normalized spacial score (nSPS) is 11.7. The summed E-state index contributed by atoms with van der Waals surface area (Å²) in [7, 11) is 2.93. The number of aliphatic hydroxyl groups excluding tert-OH is 1. The average Bonchev–Trinajstić information content (AvgIpc) is 3.36. The number of halogens is 1. The lowest BCUT2D eigenvalue weighted by atomic mass is 10.1. The number of nitrogens with zero attached hydrogens (tertiary/aromatic N) is 1. The van der Waals surface area contributed by atoms with Gasteiger partial charge >= 0.3 is 0 Å². The van der Waals surface area contributed by atoms with Crippen molar-refractivity contribution < 1.29 is 33.3 Å². The van der Waals surface area contributed by atoms with Crippen molar-refractivity contribution in [2.45, 2.75) is 13.0 Å². The molecule has 2 heterocycles. The van der Waals surface area contributed by atoms with Crippen LogP contribution in [0.1, 0.15) is 27.8 Å². The van der Waals surface area contributed by atoms with Crippen molar-refractivity contribution in [3.8, 4) is 28.5 Å². The molecule has 10 heteroatoms. The number of hydrogen-bond acceptors (Lipinski definition) is 8. The van der Waals surface area contributed by atoms with Crippen molar-refractivity contribution in [2.75, 3.05) is 27.4 Å². The van der Waals surface area contributed by atoms with Crippen molar-refractivity contribution in [1.29, 1.82) is 0 Å². The van der Waals surface area contributed by atoms with E-state index in [1.54, 1.807) is 36.6 Å². The highest BCUT2D eigenvalue weighted by Crippen LogP contribution is 2.38. The molecule has 192 valence electrons. The summed E-state index contributed by atoms with van der Waals surface area (Å²) in [6, 6.07) is 11.6. The van der Waals surface area contributed by atoms with E-state index in [0.29, 0.717) is 38.6 Å². The number of methoxy groups -OCH3 is 2. The number of fused-ring (bicyclic) bond motifs is 1. The van der Waals surface area contributed by atoms with E-state index in [2.05, 4.69) is 10.3 Å². The minimum absolute atomic E-state index is 0.0837. The van der Waals surface area contributed by atoms with Crippen LogP contribution in [0.25, 0.3) is 21.3 Å². The number of carbonyl (C=O) groups excluding carboxylic acids is 2. The van der Waals surface area contributed by atoms with Crippen molar-refractivity contribution in [1.82, 2.24) is 10.3 Å². The summed E-state index contributed by atoms with van der Waals surface area (Å²) in [5.41, 5.74) is 1.46. The van der Waals surface area contributed by atoms with Crippen LogP contribution < -0.4 is 19.5 Å². The molecule has 0 radical (unpaired) electrons. The number of amides is 1. The third-order valence-corrected chi connectivity index (χ3v) is 6.66. The zero-order valence-corrected chi connectivity index (χ0v) is 21.2. The molecule has 8 nitrogen and oxygen atoms in total. The number of pyridine rings is 1. The first-order valence-corrected chi connectivity index (χ1v) is 12.2. The van der Waals surface area contributed by atoms with Crippen molar-refractivity contribution >= 4 is 33.1 Å². The zero-order chi connectivity index (χ0) is 26.5. The van der Waals surface area contributed by atoms with Gasteiger partial charge in [-0.05, 0) is 43.3 Å². The highest BCUT2D eigenvalue weighted by atomic mass is 32.1. The molecular weight excluding hydrogens is 499 g/mol. The number of nitrogens with one attached hydrogen (secondary N) is 1. The smallest absolute Gasteiger partial charge is 0.252 e. The molecule has 0 aliphatic rings. The van der Waals surface area contributed by atoms with Gasteiger partial charge in [0.2, 0.25) is 5.78 Å². The van der Waals surface area contributed by atoms with E-state index in [-0.39, 0.29) is 30.3 Å². The lowest BCUT2D eigenvalue weighted by Crippen LogP contribution is -2.38. The summed E-state index contributed by atoms with van der Waals surface area (Å²) in [5, 5.41) is 14.1. The molecule has 1 amide bonds. The lowest BCUT2D eigenvalue weighted by molar-refractivity contribution is 0.0863. The van der Waals surface area contributed by atoms with Crippen LogP contribution in [0.4, 0.5) is 4.39 Å². The maximum atomic E-state index is 14.2. The second-order valence-corrected chi connectivity index (χ2v) is 8.89. The summed E-state index contributed by atoms with van der Waals surface area (Å²) >= 11 is 1.25. The fraction of sp³-hybridized carbons (Fsp3) is 0.222. The minimum atomic E-state index is -0.894. The molecule has 0 saturated carbocycles. The highest BCUT2D eigenvalue weighted by Gasteiger charge is 2.23. The van der Waals surface area contributed by atoms with Crippen molar-refractivity contribution in [2.24, 2.45) is 0 Å². The summed E-state index contributed by atoms with van der Waals surface area (Å²) in [5.74, 6) is -0.0820. The molecule has 0 fully saturated rings. The second-order valence-electron chi connectivity index (χ2n) is 8.01. The van der Waals surface area contributed by atoms with Crippen LogP contribution in [0.3, 0.4) is 0 Å². The van der Waals surface area contributed by atoms with Crippen LogP contribution in [0.5, 0.6) is 17.2 Å². The first-order valence-electron chi connectivity index (χ1n) is 11.4. The third-order valence-electron chi connectivity index (χ3n) is 5.65. The molecule has 0 aliphatic carbocycles. The van der Waals surface area contributed by atoms with E-state index in [1.165, 1.54) is 49.8 Å². The highest BCUT2D eigenvalue weighted by molar-refractivity contribution is 7.17. The van der Waals surface area contributed by atoms with E-state index < -0.39 is 17.7 Å². The monoisotopic (exact) mass is 524 g/mol. The van der Waals surface area contributed by atoms with Crippen LogP contribution >= 0.6 is 11.3 Å². The molecule has 2 N–H and O–H groups in total. The van der Waals surface area contributed by atoms with Gasteiger partial charge in [0.15, 0.2) is 11.5 Å². The molecule has 0 unspecified atom stereocenters. The first-order chi connectivity index (χ1) is 17.9. The predicted octanol–water partition coefficient (Wildman–Crippen LogP) is 4.49. The molecular formula is C27H25FN2O6S. The van der Waals surface area contributed by atoms with E-state index in [1.807, 2.05) is 0 Å². The summed E-state index contributed by atoms with van der Waals surface area (Å²) in [4.78, 5) is 30.6. The van der Waals surface area contributed by atoms with Crippen LogP contribution in [-0.4, -0.2) is 55.3 Å². The SMILES string of the molecule is COc1cc(C(=O)N[C@H](C)C(=O)c2ccc(OC)c(-c3csc4c(F)cccc34)n2)ccc1OCCO. The average molecular weight is 525 g/mol. The lowest BCUT2D eigenvalue weighted by Gasteiger charge is -2.15. The van der Waals surface area contributed by atoms with E-state index in [4.69, 9.17) is 19.3 Å². The molecule has 0 spiro atoms. The van der Waals surface area contributed by atoms with Gasteiger partial charge in [-0.15, -0.1) is 11.3 Å². The van der Waals surface area contributed by atoms with Gasteiger partial charge in [-0.3, -0.25) is 9.59 Å². The zero-order valence-electron chi connectivity index (χ0n) is 20.4. The second kappa shape index (κ2) is 11.4. The number of ketones is 1. The number of thiophene rings is 1. The molecule has 0 bridgehead atoms. The van der Waals surface area contributed by atoms with E-state index >= 15 is 0 Å². The Morgan fingerprint density at radius 1 is 1.08 bits per heavy atom. The fourth-order valence-corrected chi connectivity index (χ4v) is 4.76. The molecule has 37 heavy (non-hydrogen) atoms. The van der Waals surface area contributed by atoms with Gasteiger partial charge < -0.3 is 24.6 Å². The Morgan fingerprint density at radius 3 is 2.57 bits per heavy atom. The Bertz CT molecular complexity index is 1450. The number of carbonyl (C=O) groups is 2. The van der Waals surface area contributed by atoms with Crippen LogP contribution in [0.2, 0.25) is 0 Å². The maximum Gasteiger partial charge on any atom is 0.252 e. The van der Waals surface area contributed by atoms with Crippen LogP contribution in [0.15, 0.2) is 53.9 Å². The number of Topliss-reactive ketones (excluding diaryl/α,β-unsaturated/α-hetero) is 1. The number of benzene rings is 2. The van der Waals surface area contributed by atoms with Crippen LogP contribution in [-0.2, 0) is 0 Å². The molecule has 4 aromatic rings. The maximum absolute atomic E-state index is 14.2. The first kappa shape index (κ1) is 26.1. The summed E-state index contributed by atoms with van der Waals surface area (Å²) in [6.45, 7) is 1.49.